The molecule has 2 bridgehead atoms. The van der Waals surface area contributed by atoms with Gasteiger partial charge in [0.2, 0.25) is 6.10 Å². The zero-order chi connectivity index (χ0) is 22.8. The number of hydrogen-bond donors (Lipinski definition) is 1. The quantitative estimate of drug-likeness (QED) is 0.224. The summed E-state index contributed by atoms with van der Waals surface area (Å²) in [5, 5.41) is 0. The minimum absolute atomic E-state index is 0.796. The summed E-state index contributed by atoms with van der Waals surface area (Å²) in [6.45, 7) is 2.92. The van der Waals surface area contributed by atoms with Crippen LogP contribution >= 0.6 is 15.9 Å². The molecule has 7 atom stereocenters. The molecule has 15 heteroatoms. The molecule has 1 N–H and O–H groups in total. The molecule has 170 valence electrons. The van der Waals surface area contributed by atoms with Gasteiger partial charge in [-0.05, 0) is 13.8 Å². The molecule has 0 saturated carbocycles. The smallest absolute Gasteiger partial charge is 0.426 e. The number of rotatable bonds is 6. The van der Waals surface area contributed by atoms with Crippen LogP contribution in [0.4, 0.5) is 13.2 Å². The van der Waals surface area contributed by atoms with E-state index in [1.54, 1.807) is 0 Å². The van der Waals surface area contributed by atoms with E-state index in [0.29, 0.717) is 0 Å². The van der Waals surface area contributed by atoms with Crippen LogP contribution in [0.3, 0.4) is 0 Å². The summed E-state index contributed by atoms with van der Waals surface area (Å²) in [6, 6.07) is 0. The first-order valence-electron chi connectivity index (χ1n) is 8.49. The summed E-state index contributed by atoms with van der Waals surface area (Å²) in [7, 11) is -5.15. The van der Waals surface area contributed by atoms with Crippen LogP contribution in [0.25, 0.3) is 0 Å². The van der Waals surface area contributed by atoms with E-state index in [2.05, 4.69) is 20.7 Å². The fourth-order valence-electron chi connectivity index (χ4n) is 3.61. The van der Waals surface area contributed by atoms with Crippen molar-refractivity contribution in [2.75, 3.05) is 5.75 Å². The zero-order valence-corrected chi connectivity index (χ0v) is 17.7. The fraction of sp³-hybridized carbons (Fsp3) is 0.800. The molecule has 0 radical (unpaired) electrons. The number of fused-ring (bicyclic) bond motifs is 1. The average Bonchev–Trinajstić information content (AvgIpc) is 3.14. The Morgan fingerprint density at radius 1 is 1.23 bits per heavy atom. The van der Waals surface area contributed by atoms with Crippen molar-refractivity contribution in [3.63, 3.8) is 0 Å². The predicted octanol–water partition coefficient (Wildman–Crippen LogP) is 0.372. The molecule has 7 unspecified atom stereocenters. The fourth-order valence-corrected chi connectivity index (χ4v) is 4.34. The number of halogens is 4. The maximum Gasteiger partial charge on any atom is 0.426 e. The van der Waals surface area contributed by atoms with Crippen molar-refractivity contribution in [2.45, 2.75) is 54.9 Å². The predicted molar refractivity (Wildman–Crippen MR) is 90.8 cm³/mol. The number of ether oxygens (including phenoxy) is 4. The van der Waals surface area contributed by atoms with Gasteiger partial charge in [-0.25, -0.2) is 0 Å². The lowest BCUT2D eigenvalue weighted by atomic mass is 9.78. The molecule has 0 aromatic rings. The van der Waals surface area contributed by atoms with Crippen molar-refractivity contribution in [3.8, 4) is 0 Å². The Hall–Kier alpha value is -1.45. The van der Waals surface area contributed by atoms with E-state index in [0.717, 1.165) is 0 Å². The van der Waals surface area contributed by atoms with Crippen LogP contribution < -0.4 is 0 Å². The van der Waals surface area contributed by atoms with Crippen LogP contribution in [0.2, 0.25) is 0 Å². The van der Waals surface area contributed by atoms with Crippen molar-refractivity contribution in [3.05, 3.63) is 0 Å². The first-order valence-corrected chi connectivity index (χ1v) is 10.9. The molecule has 3 aliphatic rings. The lowest BCUT2D eigenvalue weighted by Crippen LogP contribution is -2.50. The Labute approximate surface area is 176 Å². The van der Waals surface area contributed by atoms with Gasteiger partial charge in [-0.15, -0.1) is 0 Å². The van der Waals surface area contributed by atoms with Crippen LogP contribution in [0, 0.1) is 11.8 Å². The Bertz CT molecular complexity index is 867. The number of carbonyl (C=O) groups excluding carboxylic acids is 3. The minimum atomic E-state index is -5.31. The Kier molecular flexibility index (Phi) is 5.66. The molecule has 3 heterocycles. The summed E-state index contributed by atoms with van der Waals surface area (Å²) in [5.74, 6) is -8.16. The van der Waals surface area contributed by atoms with Gasteiger partial charge in [-0.3, -0.25) is 18.9 Å². The van der Waals surface area contributed by atoms with E-state index in [-0.39, 0.29) is 0 Å². The van der Waals surface area contributed by atoms with Crippen LogP contribution in [0.1, 0.15) is 13.8 Å². The molecule has 3 fully saturated rings. The van der Waals surface area contributed by atoms with Crippen LogP contribution in [0.15, 0.2) is 0 Å². The third-order valence-electron chi connectivity index (χ3n) is 4.89. The third kappa shape index (κ3) is 4.29. The van der Waals surface area contributed by atoms with Gasteiger partial charge in [0.25, 0.3) is 10.1 Å². The number of hydrogen-bond acceptors (Lipinski definition) is 9. The zero-order valence-electron chi connectivity index (χ0n) is 15.3. The standard InChI is InChI=1S/C15H16BrF3O10S/c1-14(2,16)13(22)29-10-8-5(6-7(27-8)9(10)28-12(6)21)11(20)26-4(15(17,18)19)3-30(23,24)25/h4-10H,3H2,1-2H3,(H,23,24,25). The molecule has 0 aliphatic carbocycles. The monoisotopic (exact) mass is 524 g/mol. The lowest BCUT2D eigenvalue weighted by molar-refractivity contribution is -0.219. The second-order valence-corrected chi connectivity index (χ2v) is 11.1. The Morgan fingerprint density at radius 3 is 2.33 bits per heavy atom. The highest BCUT2D eigenvalue weighted by Gasteiger charge is 2.72. The summed E-state index contributed by atoms with van der Waals surface area (Å²) in [6.07, 6.45) is -13.2. The van der Waals surface area contributed by atoms with Gasteiger partial charge in [0.1, 0.15) is 34.1 Å². The van der Waals surface area contributed by atoms with Gasteiger partial charge < -0.3 is 18.9 Å². The van der Waals surface area contributed by atoms with Crippen molar-refractivity contribution in [2.24, 2.45) is 11.8 Å². The molecule has 3 rings (SSSR count). The molecule has 0 spiro atoms. The van der Waals surface area contributed by atoms with Crippen LogP contribution in [-0.4, -0.2) is 77.7 Å². The van der Waals surface area contributed by atoms with Gasteiger partial charge >= 0.3 is 24.1 Å². The van der Waals surface area contributed by atoms with Crippen molar-refractivity contribution in [1.82, 2.24) is 0 Å². The molecule has 0 aromatic carbocycles. The first-order chi connectivity index (χ1) is 13.5. The largest absolute Gasteiger partial charge is 0.455 e. The third-order valence-corrected chi connectivity index (χ3v) is 5.94. The maximum absolute atomic E-state index is 13.1. The highest BCUT2D eigenvalue weighted by atomic mass is 79.9. The van der Waals surface area contributed by atoms with Gasteiger partial charge in [-0.2, -0.15) is 21.6 Å². The van der Waals surface area contributed by atoms with Gasteiger partial charge in [0.15, 0.2) is 12.2 Å². The SMILES string of the molecule is CC(C)(Br)C(=O)OC1C2OC(=O)C3C2OC1C3C(=O)OC(CS(=O)(=O)O)C(F)(F)F. The maximum atomic E-state index is 13.1. The number of carbonyl (C=O) groups is 3. The molecule has 0 amide bonds. The number of alkyl halides is 4. The number of esters is 3. The Morgan fingerprint density at radius 2 is 1.83 bits per heavy atom. The molecular formula is C15H16BrF3O10S. The molecular weight excluding hydrogens is 509 g/mol. The van der Waals surface area contributed by atoms with E-state index in [4.69, 9.17) is 18.8 Å². The summed E-state index contributed by atoms with van der Waals surface area (Å²) in [4.78, 5) is 36.8. The average molecular weight is 525 g/mol. The van der Waals surface area contributed by atoms with Crippen LogP contribution in [-0.2, 0) is 43.4 Å². The molecule has 3 saturated heterocycles. The van der Waals surface area contributed by atoms with Crippen molar-refractivity contribution in [1.29, 1.82) is 0 Å². The second kappa shape index (κ2) is 7.31. The van der Waals surface area contributed by atoms with Crippen LogP contribution in [0.5, 0.6) is 0 Å². The summed E-state index contributed by atoms with van der Waals surface area (Å²) >= 11 is 3.07. The van der Waals surface area contributed by atoms with Gasteiger partial charge in [-0.1, -0.05) is 15.9 Å². The van der Waals surface area contributed by atoms with E-state index < -0.39 is 86.6 Å². The van der Waals surface area contributed by atoms with E-state index in [1.807, 2.05) is 0 Å². The Balaban J connectivity index is 1.83. The van der Waals surface area contributed by atoms with E-state index >= 15 is 0 Å². The molecule has 10 nitrogen and oxygen atoms in total. The van der Waals surface area contributed by atoms with Gasteiger partial charge in [0.05, 0.1) is 0 Å². The summed E-state index contributed by atoms with van der Waals surface area (Å²) in [5.41, 5.74) is 0. The van der Waals surface area contributed by atoms with Crippen molar-refractivity contribution < 1.29 is 59.5 Å². The highest BCUT2D eigenvalue weighted by Crippen LogP contribution is 2.52. The molecule has 30 heavy (non-hydrogen) atoms. The van der Waals surface area contributed by atoms with Crippen molar-refractivity contribution >= 4 is 44.0 Å². The normalized spacial score (nSPS) is 33.9. The summed E-state index contributed by atoms with van der Waals surface area (Å²) < 4.78 is 88.7. The topological polar surface area (TPSA) is 142 Å². The lowest BCUT2D eigenvalue weighted by Gasteiger charge is -2.30. The molecule has 3 aliphatic heterocycles. The molecule has 0 aromatic heterocycles. The van der Waals surface area contributed by atoms with E-state index in [9.17, 15) is 36.0 Å². The van der Waals surface area contributed by atoms with E-state index in [1.165, 1.54) is 13.8 Å². The first kappa shape index (κ1) is 23.2. The second-order valence-electron chi connectivity index (χ2n) is 7.58. The highest BCUT2D eigenvalue weighted by molar-refractivity contribution is 9.10. The minimum Gasteiger partial charge on any atom is -0.455 e. The van der Waals surface area contributed by atoms with Gasteiger partial charge in [0, 0.05) is 0 Å².